The molecule has 4 heteroatoms. The molecule has 0 aliphatic carbocycles. The van der Waals surface area contributed by atoms with E-state index in [0.717, 1.165) is 5.56 Å². The van der Waals surface area contributed by atoms with Crippen LogP contribution in [0.3, 0.4) is 0 Å². The van der Waals surface area contributed by atoms with Gasteiger partial charge in [0.2, 0.25) is 0 Å². The van der Waals surface area contributed by atoms with Crippen molar-refractivity contribution in [3.8, 4) is 11.5 Å². The lowest BCUT2D eigenvalue weighted by atomic mass is 10.2. The van der Waals surface area contributed by atoms with Crippen LogP contribution in [-0.2, 0) is 4.79 Å². The lowest BCUT2D eigenvalue weighted by Gasteiger charge is -2.15. The predicted molar refractivity (Wildman–Crippen MR) is 60.1 cm³/mol. The highest BCUT2D eigenvalue weighted by Crippen LogP contribution is 2.29. The molecule has 0 fully saturated rings. The molecular weight excluding hydrogens is 208 g/mol. The first-order valence-corrected chi connectivity index (χ1v) is 5.12. The van der Waals surface area contributed by atoms with Crippen molar-refractivity contribution in [3.63, 3.8) is 0 Å². The van der Waals surface area contributed by atoms with E-state index >= 15 is 0 Å². The fourth-order valence-electron chi connectivity index (χ4n) is 1.33. The molecule has 1 unspecified atom stereocenters. The maximum absolute atomic E-state index is 10.8. The monoisotopic (exact) mass is 224 g/mol. The number of methoxy groups -OCH3 is 1. The number of hydrogen-bond acceptors (Lipinski definition) is 3. The van der Waals surface area contributed by atoms with E-state index in [1.165, 1.54) is 7.11 Å². The second kappa shape index (κ2) is 5.39. The summed E-state index contributed by atoms with van der Waals surface area (Å²) in [4.78, 5) is 10.8. The number of benzene rings is 1. The molecule has 0 saturated heterocycles. The van der Waals surface area contributed by atoms with E-state index in [1.807, 2.05) is 19.1 Å². The number of aryl methyl sites for hydroxylation is 1. The van der Waals surface area contributed by atoms with Crippen LogP contribution in [0.2, 0.25) is 0 Å². The maximum atomic E-state index is 10.8. The largest absolute Gasteiger partial charge is 0.493 e. The van der Waals surface area contributed by atoms with Gasteiger partial charge in [0, 0.05) is 0 Å². The average Bonchev–Trinajstić information content (AvgIpc) is 2.26. The summed E-state index contributed by atoms with van der Waals surface area (Å²) >= 11 is 0. The third-order valence-corrected chi connectivity index (χ3v) is 2.23. The summed E-state index contributed by atoms with van der Waals surface area (Å²) < 4.78 is 10.5. The molecule has 0 radical (unpaired) electrons. The Morgan fingerprint density at radius 3 is 2.62 bits per heavy atom. The Hall–Kier alpha value is -1.71. The van der Waals surface area contributed by atoms with Crippen LogP contribution >= 0.6 is 0 Å². The number of aliphatic carboxylic acids is 1. The van der Waals surface area contributed by atoms with Crippen molar-refractivity contribution < 1.29 is 19.4 Å². The van der Waals surface area contributed by atoms with Crippen molar-refractivity contribution in [2.75, 3.05) is 7.11 Å². The maximum Gasteiger partial charge on any atom is 0.344 e. The molecule has 16 heavy (non-hydrogen) atoms. The molecule has 1 N–H and O–H groups in total. The topological polar surface area (TPSA) is 55.8 Å². The van der Waals surface area contributed by atoms with Crippen molar-refractivity contribution in [1.29, 1.82) is 0 Å². The van der Waals surface area contributed by atoms with Crippen molar-refractivity contribution in [2.24, 2.45) is 0 Å². The molecule has 0 aliphatic heterocycles. The molecule has 0 bridgehead atoms. The zero-order valence-electron chi connectivity index (χ0n) is 9.69. The third kappa shape index (κ3) is 2.89. The minimum Gasteiger partial charge on any atom is -0.493 e. The highest BCUT2D eigenvalue weighted by atomic mass is 16.5. The van der Waals surface area contributed by atoms with Gasteiger partial charge >= 0.3 is 5.97 Å². The van der Waals surface area contributed by atoms with Crippen LogP contribution in [0.5, 0.6) is 11.5 Å². The Morgan fingerprint density at radius 1 is 1.44 bits per heavy atom. The highest BCUT2D eigenvalue weighted by molar-refractivity contribution is 5.72. The average molecular weight is 224 g/mol. The van der Waals surface area contributed by atoms with E-state index < -0.39 is 12.1 Å². The molecule has 1 aromatic carbocycles. The summed E-state index contributed by atoms with van der Waals surface area (Å²) in [5.41, 5.74) is 1.03. The summed E-state index contributed by atoms with van der Waals surface area (Å²) in [7, 11) is 1.53. The van der Waals surface area contributed by atoms with Crippen LogP contribution in [0.4, 0.5) is 0 Å². The first-order chi connectivity index (χ1) is 7.58. The summed E-state index contributed by atoms with van der Waals surface area (Å²) in [6.45, 7) is 3.69. The van der Waals surface area contributed by atoms with Crippen LogP contribution in [0.15, 0.2) is 18.2 Å². The van der Waals surface area contributed by atoms with E-state index in [4.69, 9.17) is 14.6 Å². The van der Waals surface area contributed by atoms with Gasteiger partial charge in [-0.15, -0.1) is 0 Å². The van der Waals surface area contributed by atoms with Crippen molar-refractivity contribution in [1.82, 2.24) is 0 Å². The van der Waals surface area contributed by atoms with Gasteiger partial charge in [-0.05, 0) is 31.0 Å². The Morgan fingerprint density at radius 2 is 2.12 bits per heavy atom. The van der Waals surface area contributed by atoms with Gasteiger partial charge in [-0.3, -0.25) is 0 Å². The van der Waals surface area contributed by atoms with E-state index in [2.05, 4.69) is 0 Å². The van der Waals surface area contributed by atoms with E-state index in [9.17, 15) is 4.79 Å². The van der Waals surface area contributed by atoms with Gasteiger partial charge in [-0.2, -0.15) is 0 Å². The van der Waals surface area contributed by atoms with Crippen molar-refractivity contribution >= 4 is 5.97 Å². The lowest BCUT2D eigenvalue weighted by Crippen LogP contribution is -2.26. The third-order valence-electron chi connectivity index (χ3n) is 2.23. The van der Waals surface area contributed by atoms with Crippen LogP contribution in [0.1, 0.15) is 18.9 Å². The summed E-state index contributed by atoms with van der Waals surface area (Å²) in [6, 6.07) is 5.39. The first-order valence-electron chi connectivity index (χ1n) is 5.12. The molecule has 1 rings (SSSR count). The molecule has 0 saturated carbocycles. The number of carboxylic acids is 1. The zero-order chi connectivity index (χ0) is 12.1. The second-order valence-electron chi connectivity index (χ2n) is 3.51. The predicted octanol–water partition coefficient (Wildman–Crippen LogP) is 2.25. The van der Waals surface area contributed by atoms with Crippen molar-refractivity contribution in [2.45, 2.75) is 26.4 Å². The molecule has 0 aromatic heterocycles. The number of carbonyl (C=O) groups is 1. The Balaban J connectivity index is 2.91. The lowest BCUT2D eigenvalue weighted by molar-refractivity contribution is -0.145. The standard InChI is InChI=1S/C12H16O4/c1-4-9(12(13)14)16-10-6-5-8(2)7-11(10)15-3/h5-7,9H,4H2,1-3H3,(H,13,14). The van der Waals surface area contributed by atoms with Gasteiger partial charge in [-0.25, -0.2) is 4.79 Å². The smallest absolute Gasteiger partial charge is 0.344 e. The zero-order valence-corrected chi connectivity index (χ0v) is 9.69. The number of ether oxygens (including phenoxy) is 2. The summed E-state index contributed by atoms with van der Waals surface area (Å²) in [5.74, 6) is 0.0483. The Kier molecular flexibility index (Phi) is 4.17. The number of rotatable bonds is 5. The quantitative estimate of drug-likeness (QED) is 0.833. The normalized spacial score (nSPS) is 11.9. The van der Waals surface area contributed by atoms with Gasteiger partial charge in [0.25, 0.3) is 0 Å². The minimum absolute atomic E-state index is 0.409. The van der Waals surface area contributed by atoms with Crippen LogP contribution in [0, 0.1) is 6.92 Å². The highest BCUT2D eigenvalue weighted by Gasteiger charge is 2.18. The van der Waals surface area contributed by atoms with E-state index in [0.29, 0.717) is 17.9 Å². The van der Waals surface area contributed by atoms with Gasteiger partial charge in [-0.1, -0.05) is 13.0 Å². The molecule has 0 spiro atoms. The SMILES string of the molecule is CCC(Oc1ccc(C)cc1OC)C(=O)O. The summed E-state index contributed by atoms with van der Waals surface area (Å²) in [5, 5.41) is 8.89. The molecule has 0 aliphatic rings. The molecular formula is C12H16O4. The fraction of sp³-hybridized carbons (Fsp3) is 0.417. The number of hydrogen-bond donors (Lipinski definition) is 1. The Bertz CT molecular complexity index is 373. The van der Waals surface area contributed by atoms with Gasteiger partial charge in [0.15, 0.2) is 17.6 Å². The Labute approximate surface area is 94.8 Å². The summed E-state index contributed by atoms with van der Waals surface area (Å²) in [6.07, 6.45) is -0.427. The van der Waals surface area contributed by atoms with Crippen LogP contribution < -0.4 is 9.47 Å². The second-order valence-corrected chi connectivity index (χ2v) is 3.51. The van der Waals surface area contributed by atoms with E-state index in [1.54, 1.807) is 13.0 Å². The van der Waals surface area contributed by atoms with Gasteiger partial charge in [0.05, 0.1) is 7.11 Å². The molecule has 1 aromatic rings. The molecule has 0 amide bonds. The minimum atomic E-state index is -0.967. The molecule has 1 atom stereocenters. The van der Waals surface area contributed by atoms with Crippen LogP contribution in [0.25, 0.3) is 0 Å². The fourth-order valence-corrected chi connectivity index (χ4v) is 1.33. The van der Waals surface area contributed by atoms with Gasteiger partial charge in [0.1, 0.15) is 0 Å². The molecule has 4 nitrogen and oxygen atoms in total. The van der Waals surface area contributed by atoms with E-state index in [-0.39, 0.29) is 0 Å². The molecule has 88 valence electrons. The molecule has 0 heterocycles. The first kappa shape index (κ1) is 12.4. The van der Waals surface area contributed by atoms with Crippen LogP contribution in [-0.4, -0.2) is 24.3 Å². The van der Waals surface area contributed by atoms with Gasteiger partial charge < -0.3 is 14.6 Å². The van der Waals surface area contributed by atoms with Crippen molar-refractivity contribution in [3.05, 3.63) is 23.8 Å². The number of carboxylic acid groups (broad SMARTS) is 1.